The second-order valence-electron chi connectivity index (χ2n) is 5.44. The first-order valence-electron chi connectivity index (χ1n) is 7.74. The third kappa shape index (κ3) is 5.33. The molecule has 0 radical (unpaired) electrons. The molecule has 0 aliphatic carbocycles. The van der Waals surface area contributed by atoms with Crippen molar-refractivity contribution in [3.8, 4) is 6.07 Å². The van der Waals surface area contributed by atoms with Crippen LogP contribution < -0.4 is 5.32 Å². The molecule has 7 heteroatoms. The molecule has 4 nitrogen and oxygen atoms in total. The van der Waals surface area contributed by atoms with E-state index >= 15 is 0 Å². The van der Waals surface area contributed by atoms with Gasteiger partial charge in [-0.3, -0.25) is 4.79 Å². The SMILES string of the molecule is N#Cc1cccc(NC(=O)Cc2csc(SCc3cccc(Cl)c3)n2)c1. The first-order chi connectivity index (χ1) is 12.6. The van der Waals surface area contributed by atoms with Crippen LogP contribution in [0.2, 0.25) is 5.02 Å². The van der Waals surface area contributed by atoms with Crippen LogP contribution in [0.15, 0.2) is 58.3 Å². The van der Waals surface area contributed by atoms with Crippen LogP contribution in [0.4, 0.5) is 5.69 Å². The molecule has 26 heavy (non-hydrogen) atoms. The lowest BCUT2D eigenvalue weighted by Gasteiger charge is -2.04. The molecule has 0 aliphatic heterocycles. The maximum atomic E-state index is 12.2. The molecular weight excluding hydrogens is 386 g/mol. The van der Waals surface area contributed by atoms with E-state index in [9.17, 15) is 4.79 Å². The zero-order valence-electron chi connectivity index (χ0n) is 13.6. The number of hydrogen-bond acceptors (Lipinski definition) is 5. The number of thiazole rings is 1. The van der Waals surface area contributed by atoms with Gasteiger partial charge in [-0.15, -0.1) is 11.3 Å². The van der Waals surface area contributed by atoms with Crippen molar-refractivity contribution in [2.45, 2.75) is 16.5 Å². The third-order valence-corrected chi connectivity index (χ3v) is 5.78. The van der Waals surface area contributed by atoms with Gasteiger partial charge < -0.3 is 5.32 Å². The Kier molecular flexibility index (Phi) is 6.29. The van der Waals surface area contributed by atoms with Gasteiger partial charge in [0.05, 0.1) is 23.7 Å². The number of aromatic nitrogens is 1. The molecule has 0 unspecified atom stereocenters. The zero-order chi connectivity index (χ0) is 18.4. The Morgan fingerprint density at radius 1 is 1.27 bits per heavy atom. The van der Waals surface area contributed by atoms with Crippen LogP contribution in [0.5, 0.6) is 0 Å². The van der Waals surface area contributed by atoms with E-state index < -0.39 is 0 Å². The fourth-order valence-electron chi connectivity index (χ4n) is 2.24. The average Bonchev–Trinajstić information content (AvgIpc) is 3.07. The van der Waals surface area contributed by atoms with Gasteiger partial charge in [0.15, 0.2) is 0 Å². The summed E-state index contributed by atoms with van der Waals surface area (Å²) in [6, 6.07) is 16.6. The summed E-state index contributed by atoms with van der Waals surface area (Å²) < 4.78 is 0.916. The number of anilines is 1. The number of thioether (sulfide) groups is 1. The van der Waals surface area contributed by atoms with Gasteiger partial charge in [-0.05, 0) is 35.9 Å². The molecule has 0 saturated carbocycles. The lowest BCUT2D eigenvalue weighted by atomic mass is 10.2. The van der Waals surface area contributed by atoms with Crippen molar-refractivity contribution in [1.29, 1.82) is 5.26 Å². The Hall–Kier alpha value is -2.33. The molecule has 1 N–H and O–H groups in total. The minimum absolute atomic E-state index is 0.156. The molecule has 1 aromatic heterocycles. The van der Waals surface area contributed by atoms with Crippen LogP contribution in [0.25, 0.3) is 0 Å². The van der Waals surface area contributed by atoms with Crippen molar-refractivity contribution in [3.63, 3.8) is 0 Å². The van der Waals surface area contributed by atoms with Gasteiger partial charge in [-0.1, -0.05) is 41.6 Å². The fraction of sp³-hybridized carbons (Fsp3) is 0.105. The van der Waals surface area contributed by atoms with Crippen LogP contribution in [-0.2, 0) is 17.0 Å². The lowest BCUT2D eigenvalue weighted by Crippen LogP contribution is -2.14. The van der Waals surface area contributed by atoms with Gasteiger partial charge in [0, 0.05) is 21.8 Å². The zero-order valence-corrected chi connectivity index (χ0v) is 16.0. The maximum Gasteiger partial charge on any atom is 0.230 e. The van der Waals surface area contributed by atoms with Gasteiger partial charge >= 0.3 is 0 Å². The number of nitriles is 1. The van der Waals surface area contributed by atoms with Crippen molar-refractivity contribution in [3.05, 3.63) is 75.8 Å². The third-order valence-electron chi connectivity index (χ3n) is 3.40. The summed E-state index contributed by atoms with van der Waals surface area (Å²) in [7, 11) is 0. The van der Waals surface area contributed by atoms with E-state index in [4.69, 9.17) is 16.9 Å². The fourth-order valence-corrected chi connectivity index (χ4v) is 4.24. The second-order valence-corrected chi connectivity index (χ2v) is 7.96. The van der Waals surface area contributed by atoms with Crippen molar-refractivity contribution in [1.82, 2.24) is 4.98 Å². The standard InChI is InChI=1S/C19H14ClN3OS2/c20-15-5-1-4-14(7-15)11-25-19-23-17(12-26-19)9-18(24)22-16-6-2-3-13(8-16)10-21/h1-8,12H,9,11H2,(H,22,24). The van der Waals surface area contributed by atoms with Crippen molar-refractivity contribution < 1.29 is 4.79 Å². The number of hydrogen-bond donors (Lipinski definition) is 1. The molecule has 0 spiro atoms. The van der Waals surface area contributed by atoms with Crippen LogP contribution in [0, 0.1) is 11.3 Å². The highest BCUT2D eigenvalue weighted by molar-refractivity contribution is 8.00. The van der Waals surface area contributed by atoms with Crippen molar-refractivity contribution in [2.24, 2.45) is 0 Å². The number of nitrogens with one attached hydrogen (secondary N) is 1. The van der Waals surface area contributed by atoms with E-state index in [-0.39, 0.29) is 12.3 Å². The van der Waals surface area contributed by atoms with Crippen molar-refractivity contribution >= 4 is 46.3 Å². The first kappa shape index (κ1) is 18.5. The van der Waals surface area contributed by atoms with E-state index in [2.05, 4.69) is 16.4 Å². The van der Waals surface area contributed by atoms with Crippen molar-refractivity contribution in [2.75, 3.05) is 5.32 Å². The van der Waals surface area contributed by atoms with Gasteiger partial charge in [0.1, 0.15) is 4.34 Å². The number of carbonyl (C=O) groups is 1. The normalized spacial score (nSPS) is 10.3. The highest BCUT2D eigenvalue weighted by atomic mass is 35.5. The quantitative estimate of drug-likeness (QED) is 0.582. The molecule has 1 heterocycles. The average molecular weight is 400 g/mol. The molecule has 0 saturated heterocycles. The highest BCUT2D eigenvalue weighted by Gasteiger charge is 2.09. The molecule has 3 aromatic rings. The predicted molar refractivity (Wildman–Crippen MR) is 107 cm³/mol. The minimum Gasteiger partial charge on any atom is -0.326 e. The maximum absolute atomic E-state index is 12.2. The molecule has 0 atom stereocenters. The Balaban J connectivity index is 1.54. The number of nitrogens with zero attached hydrogens (tertiary/aromatic N) is 2. The lowest BCUT2D eigenvalue weighted by molar-refractivity contribution is -0.115. The van der Waals surface area contributed by atoms with E-state index in [1.54, 1.807) is 36.0 Å². The Labute approximate surface area is 164 Å². The number of benzene rings is 2. The van der Waals surface area contributed by atoms with Crippen LogP contribution >= 0.6 is 34.7 Å². The molecular formula is C19H14ClN3OS2. The Bertz CT molecular complexity index is 965. The first-order valence-corrected chi connectivity index (χ1v) is 9.98. The van der Waals surface area contributed by atoms with E-state index in [1.165, 1.54) is 11.3 Å². The highest BCUT2D eigenvalue weighted by Crippen LogP contribution is 2.27. The number of carbonyl (C=O) groups excluding carboxylic acids is 1. The molecule has 0 aliphatic rings. The molecule has 130 valence electrons. The predicted octanol–water partition coefficient (Wildman–Crippen LogP) is 5.14. The Morgan fingerprint density at radius 2 is 2.12 bits per heavy atom. The van der Waals surface area contributed by atoms with E-state index in [0.29, 0.717) is 11.3 Å². The topological polar surface area (TPSA) is 65.8 Å². The summed E-state index contributed by atoms with van der Waals surface area (Å²) in [5.41, 5.74) is 2.99. The number of rotatable bonds is 6. The monoisotopic (exact) mass is 399 g/mol. The molecule has 2 aromatic carbocycles. The number of halogens is 1. The van der Waals surface area contributed by atoms with Crippen LogP contribution in [0.3, 0.4) is 0 Å². The molecule has 1 amide bonds. The summed E-state index contributed by atoms with van der Waals surface area (Å²) in [5.74, 6) is 0.623. The van der Waals surface area contributed by atoms with Gasteiger partial charge in [-0.25, -0.2) is 4.98 Å². The van der Waals surface area contributed by atoms with Gasteiger partial charge in [0.25, 0.3) is 0 Å². The molecule has 0 fully saturated rings. The summed E-state index contributed by atoms with van der Waals surface area (Å²) >= 11 is 9.13. The van der Waals surface area contributed by atoms with E-state index in [1.807, 2.05) is 29.6 Å². The summed E-state index contributed by atoms with van der Waals surface area (Å²) in [6.45, 7) is 0. The van der Waals surface area contributed by atoms with E-state index in [0.717, 1.165) is 26.4 Å². The van der Waals surface area contributed by atoms with Crippen LogP contribution in [-0.4, -0.2) is 10.9 Å². The summed E-state index contributed by atoms with van der Waals surface area (Å²) in [6.07, 6.45) is 0.199. The molecule has 3 rings (SSSR count). The van der Waals surface area contributed by atoms with Crippen LogP contribution in [0.1, 0.15) is 16.8 Å². The summed E-state index contributed by atoms with van der Waals surface area (Å²) in [4.78, 5) is 16.7. The Morgan fingerprint density at radius 3 is 2.92 bits per heavy atom. The smallest absolute Gasteiger partial charge is 0.230 e. The molecule has 0 bridgehead atoms. The minimum atomic E-state index is -0.156. The second kappa shape index (κ2) is 8.86. The largest absolute Gasteiger partial charge is 0.326 e. The summed E-state index contributed by atoms with van der Waals surface area (Å²) in [5, 5.41) is 14.3. The number of amides is 1. The van der Waals surface area contributed by atoms with Gasteiger partial charge in [-0.2, -0.15) is 5.26 Å². The van der Waals surface area contributed by atoms with Gasteiger partial charge in [0.2, 0.25) is 5.91 Å².